The summed E-state index contributed by atoms with van der Waals surface area (Å²) in [6.45, 7) is 0. The zero-order valence-electron chi connectivity index (χ0n) is 11.3. The zero-order chi connectivity index (χ0) is 15.2. The molecule has 2 aromatic carbocycles. The molecule has 0 saturated carbocycles. The number of rotatable bonds is 4. The maximum absolute atomic E-state index is 11.8. The molecule has 0 bridgehead atoms. The van der Waals surface area contributed by atoms with Crippen molar-refractivity contribution in [2.45, 2.75) is 0 Å². The summed E-state index contributed by atoms with van der Waals surface area (Å²) in [5, 5.41) is 3.28. The van der Waals surface area contributed by atoms with Gasteiger partial charge in [-0.1, -0.05) is 39.7 Å². The number of nitrogens with one attached hydrogen (secondary N) is 1. The molecule has 2 aromatic rings. The van der Waals surface area contributed by atoms with Crippen LogP contribution in [0.15, 0.2) is 53.0 Å². The molecule has 0 spiro atoms. The summed E-state index contributed by atoms with van der Waals surface area (Å²) in [6.07, 6.45) is 3.15. The Morgan fingerprint density at radius 3 is 2.76 bits per heavy atom. The van der Waals surface area contributed by atoms with Crippen molar-refractivity contribution < 1.29 is 9.53 Å². The zero-order valence-corrected chi connectivity index (χ0v) is 13.6. The minimum absolute atomic E-state index is 0.208. The van der Waals surface area contributed by atoms with E-state index in [1.54, 1.807) is 25.3 Å². The number of anilines is 1. The molecule has 1 N–H and O–H groups in total. The van der Waals surface area contributed by atoms with Gasteiger partial charge in [-0.15, -0.1) is 0 Å². The Kier molecular flexibility index (Phi) is 5.42. The number of hydrogen-bond acceptors (Lipinski definition) is 2. The number of ether oxygens (including phenoxy) is 1. The van der Waals surface area contributed by atoms with Gasteiger partial charge in [0, 0.05) is 16.2 Å². The molecule has 0 aliphatic heterocycles. The number of amides is 1. The number of benzene rings is 2. The minimum atomic E-state index is -0.208. The van der Waals surface area contributed by atoms with Crippen LogP contribution in [0.3, 0.4) is 0 Å². The lowest BCUT2D eigenvalue weighted by Gasteiger charge is -2.04. The monoisotopic (exact) mass is 365 g/mol. The first kappa shape index (κ1) is 15.6. The number of halogens is 2. The Bertz CT molecular complexity index is 686. The molecule has 1 amide bonds. The van der Waals surface area contributed by atoms with Crippen molar-refractivity contribution in [2.75, 3.05) is 12.4 Å². The summed E-state index contributed by atoms with van der Waals surface area (Å²) in [6, 6.07) is 12.7. The second kappa shape index (κ2) is 7.29. The van der Waals surface area contributed by atoms with Gasteiger partial charge < -0.3 is 10.1 Å². The predicted molar refractivity (Wildman–Crippen MR) is 89.8 cm³/mol. The Morgan fingerprint density at radius 2 is 2.10 bits per heavy atom. The van der Waals surface area contributed by atoms with Gasteiger partial charge in [0.15, 0.2) is 0 Å². The van der Waals surface area contributed by atoms with Crippen LogP contribution in [-0.2, 0) is 4.79 Å². The van der Waals surface area contributed by atoms with E-state index in [-0.39, 0.29) is 5.91 Å². The fraction of sp³-hybridized carbons (Fsp3) is 0.0625. The minimum Gasteiger partial charge on any atom is -0.495 e. The molecule has 21 heavy (non-hydrogen) atoms. The average Bonchev–Trinajstić information content (AvgIpc) is 2.45. The van der Waals surface area contributed by atoms with Crippen molar-refractivity contribution >= 4 is 45.2 Å². The molecule has 0 aromatic heterocycles. The van der Waals surface area contributed by atoms with Crippen LogP contribution >= 0.6 is 27.5 Å². The van der Waals surface area contributed by atoms with E-state index in [9.17, 15) is 4.79 Å². The molecular formula is C16H13BrClNO2. The molecule has 0 heterocycles. The first-order valence-corrected chi connectivity index (χ1v) is 7.34. The third-order valence-corrected chi connectivity index (χ3v) is 3.48. The van der Waals surface area contributed by atoms with E-state index in [0.717, 1.165) is 15.7 Å². The van der Waals surface area contributed by atoms with Crippen LogP contribution in [-0.4, -0.2) is 13.0 Å². The second-order valence-electron chi connectivity index (χ2n) is 4.23. The molecule has 0 saturated heterocycles. The average molecular weight is 367 g/mol. The van der Waals surface area contributed by atoms with Gasteiger partial charge in [-0.3, -0.25) is 4.79 Å². The van der Waals surface area contributed by atoms with Gasteiger partial charge in [-0.25, -0.2) is 0 Å². The predicted octanol–water partition coefficient (Wildman–Crippen LogP) is 4.76. The molecule has 0 aliphatic rings. The van der Waals surface area contributed by atoms with E-state index < -0.39 is 0 Å². The third kappa shape index (κ3) is 4.62. The number of carbonyl (C=O) groups is 1. The van der Waals surface area contributed by atoms with Crippen molar-refractivity contribution in [3.8, 4) is 5.75 Å². The first-order valence-electron chi connectivity index (χ1n) is 6.16. The first-order chi connectivity index (χ1) is 10.1. The highest BCUT2D eigenvalue weighted by atomic mass is 79.9. The van der Waals surface area contributed by atoms with Crippen LogP contribution in [0, 0.1) is 0 Å². The maximum Gasteiger partial charge on any atom is 0.248 e. The van der Waals surface area contributed by atoms with Crippen molar-refractivity contribution in [2.24, 2.45) is 0 Å². The molecule has 0 radical (unpaired) electrons. The highest BCUT2D eigenvalue weighted by Gasteiger charge is 2.01. The van der Waals surface area contributed by atoms with Crippen LogP contribution in [0.5, 0.6) is 5.75 Å². The molecule has 5 heteroatoms. The lowest BCUT2D eigenvalue weighted by Crippen LogP contribution is -2.07. The summed E-state index contributed by atoms with van der Waals surface area (Å²) in [7, 11) is 1.56. The van der Waals surface area contributed by atoms with Gasteiger partial charge >= 0.3 is 0 Å². The van der Waals surface area contributed by atoms with Crippen molar-refractivity contribution in [1.29, 1.82) is 0 Å². The van der Waals surface area contributed by atoms with E-state index in [4.69, 9.17) is 16.3 Å². The van der Waals surface area contributed by atoms with Crippen LogP contribution < -0.4 is 10.1 Å². The van der Waals surface area contributed by atoms with Crippen LogP contribution in [0.2, 0.25) is 5.02 Å². The summed E-state index contributed by atoms with van der Waals surface area (Å²) in [5.74, 6) is 0.396. The van der Waals surface area contributed by atoms with Gasteiger partial charge in [-0.2, -0.15) is 0 Å². The fourth-order valence-electron chi connectivity index (χ4n) is 1.71. The standard InChI is InChI=1S/C16H13BrClNO2/c1-21-15-7-5-11(9-14(15)18)6-8-16(20)19-13-4-2-3-12(17)10-13/h2-10H,1H3,(H,19,20)/b8-6+. The molecule has 0 unspecified atom stereocenters. The van der Waals surface area contributed by atoms with Gasteiger partial charge in [0.2, 0.25) is 5.91 Å². The summed E-state index contributed by atoms with van der Waals surface area (Å²) >= 11 is 9.38. The van der Waals surface area contributed by atoms with Crippen molar-refractivity contribution in [3.63, 3.8) is 0 Å². The normalized spacial score (nSPS) is 10.6. The SMILES string of the molecule is COc1ccc(/C=C/C(=O)Nc2cccc(Br)c2)cc1Cl. The lowest BCUT2D eigenvalue weighted by molar-refractivity contribution is -0.111. The van der Waals surface area contributed by atoms with E-state index >= 15 is 0 Å². The largest absolute Gasteiger partial charge is 0.495 e. The number of hydrogen-bond donors (Lipinski definition) is 1. The molecule has 108 valence electrons. The van der Waals surface area contributed by atoms with E-state index in [1.807, 2.05) is 30.3 Å². The molecule has 0 aliphatic carbocycles. The highest BCUT2D eigenvalue weighted by Crippen LogP contribution is 2.25. The Balaban J connectivity index is 2.03. The fourth-order valence-corrected chi connectivity index (χ4v) is 2.37. The van der Waals surface area contributed by atoms with Crippen LogP contribution in [0.1, 0.15) is 5.56 Å². The quantitative estimate of drug-likeness (QED) is 0.792. The van der Waals surface area contributed by atoms with Gasteiger partial charge in [-0.05, 0) is 42.0 Å². The van der Waals surface area contributed by atoms with Gasteiger partial charge in [0.05, 0.1) is 12.1 Å². The second-order valence-corrected chi connectivity index (χ2v) is 5.55. The molecule has 3 nitrogen and oxygen atoms in total. The van der Waals surface area contributed by atoms with Gasteiger partial charge in [0.25, 0.3) is 0 Å². The maximum atomic E-state index is 11.8. The van der Waals surface area contributed by atoms with E-state index in [0.29, 0.717) is 10.8 Å². The summed E-state index contributed by atoms with van der Waals surface area (Å²) < 4.78 is 5.98. The molecular weight excluding hydrogens is 354 g/mol. The van der Waals surface area contributed by atoms with Gasteiger partial charge in [0.1, 0.15) is 5.75 Å². The lowest BCUT2D eigenvalue weighted by atomic mass is 10.2. The summed E-state index contributed by atoms with van der Waals surface area (Å²) in [4.78, 5) is 11.8. The van der Waals surface area contributed by atoms with Crippen molar-refractivity contribution in [1.82, 2.24) is 0 Å². The van der Waals surface area contributed by atoms with Crippen LogP contribution in [0.4, 0.5) is 5.69 Å². The third-order valence-electron chi connectivity index (χ3n) is 2.70. The number of carbonyl (C=O) groups excluding carboxylic acids is 1. The summed E-state index contributed by atoms with van der Waals surface area (Å²) in [5.41, 5.74) is 1.55. The van der Waals surface area contributed by atoms with E-state index in [1.165, 1.54) is 6.08 Å². The smallest absolute Gasteiger partial charge is 0.248 e. The molecule has 2 rings (SSSR count). The molecule has 0 fully saturated rings. The Morgan fingerprint density at radius 1 is 1.29 bits per heavy atom. The Hall–Kier alpha value is -1.78. The number of methoxy groups -OCH3 is 1. The topological polar surface area (TPSA) is 38.3 Å². The highest BCUT2D eigenvalue weighted by molar-refractivity contribution is 9.10. The Labute approximate surface area is 136 Å². The van der Waals surface area contributed by atoms with E-state index in [2.05, 4.69) is 21.2 Å². The van der Waals surface area contributed by atoms with Crippen LogP contribution in [0.25, 0.3) is 6.08 Å². The molecule has 0 atom stereocenters. The van der Waals surface area contributed by atoms with Crippen molar-refractivity contribution in [3.05, 3.63) is 63.6 Å².